The first-order chi connectivity index (χ1) is 13.0. The molecule has 134 valence electrons. The zero-order valence-electron chi connectivity index (χ0n) is 14.3. The Bertz CT molecular complexity index is 1150. The number of phenolic OH excluding ortho intramolecular Hbond substituents is 2. The number of hydrogen-bond donors (Lipinski definition) is 2. The second-order valence-corrected chi connectivity index (χ2v) is 6.99. The van der Waals surface area contributed by atoms with Crippen molar-refractivity contribution in [1.29, 1.82) is 0 Å². The number of hydrogen-bond acceptors (Lipinski definition) is 5. The van der Waals surface area contributed by atoms with Gasteiger partial charge in [-0.1, -0.05) is 12.1 Å². The van der Waals surface area contributed by atoms with Crippen molar-refractivity contribution >= 4 is 38.9 Å². The number of aliphatic imine (C=N–C) groups is 1. The van der Waals surface area contributed by atoms with Crippen molar-refractivity contribution in [3.05, 3.63) is 70.2 Å². The number of halogens is 1. The predicted molar refractivity (Wildman–Crippen MR) is 109 cm³/mol. The minimum atomic E-state index is 0.0193. The summed E-state index contributed by atoms with van der Waals surface area (Å²) in [7, 11) is 0. The Kier molecular flexibility index (Phi) is 4.41. The van der Waals surface area contributed by atoms with Crippen LogP contribution in [0.1, 0.15) is 11.1 Å². The second kappa shape index (κ2) is 6.89. The molecule has 0 bridgehead atoms. The first-order valence-corrected chi connectivity index (χ1v) is 9.03. The van der Waals surface area contributed by atoms with E-state index >= 15 is 0 Å². The van der Waals surface area contributed by atoms with Gasteiger partial charge in [-0.25, -0.2) is 4.98 Å². The van der Waals surface area contributed by atoms with Gasteiger partial charge in [0.25, 0.3) is 0 Å². The van der Waals surface area contributed by atoms with E-state index < -0.39 is 0 Å². The van der Waals surface area contributed by atoms with Crippen molar-refractivity contribution in [2.75, 3.05) is 0 Å². The van der Waals surface area contributed by atoms with E-state index in [4.69, 9.17) is 4.42 Å². The van der Waals surface area contributed by atoms with Gasteiger partial charge in [0, 0.05) is 17.8 Å². The number of fused-ring (bicyclic) bond motifs is 1. The number of nitrogens with zero attached hydrogens (tertiary/aromatic N) is 2. The lowest BCUT2D eigenvalue weighted by Crippen LogP contribution is -1.86. The normalized spacial score (nSPS) is 11.5. The highest BCUT2D eigenvalue weighted by atomic mass is 79.9. The van der Waals surface area contributed by atoms with Crippen LogP contribution in [0.25, 0.3) is 22.6 Å². The van der Waals surface area contributed by atoms with Crippen LogP contribution in [0.3, 0.4) is 0 Å². The van der Waals surface area contributed by atoms with E-state index in [1.807, 2.05) is 43.3 Å². The summed E-state index contributed by atoms with van der Waals surface area (Å²) in [6.45, 7) is 1.93. The maximum absolute atomic E-state index is 10.4. The van der Waals surface area contributed by atoms with E-state index in [1.54, 1.807) is 18.3 Å². The molecule has 0 aliphatic heterocycles. The summed E-state index contributed by atoms with van der Waals surface area (Å²) in [5, 5.41) is 20.5. The van der Waals surface area contributed by atoms with E-state index in [2.05, 4.69) is 25.9 Å². The minimum Gasteiger partial charge on any atom is -0.507 e. The molecule has 0 saturated carbocycles. The largest absolute Gasteiger partial charge is 0.507 e. The number of rotatable bonds is 3. The Morgan fingerprint density at radius 2 is 1.89 bits per heavy atom. The fourth-order valence-electron chi connectivity index (χ4n) is 2.77. The molecule has 0 unspecified atom stereocenters. The van der Waals surface area contributed by atoms with E-state index in [-0.39, 0.29) is 11.5 Å². The van der Waals surface area contributed by atoms with E-state index in [9.17, 15) is 10.2 Å². The van der Waals surface area contributed by atoms with Crippen LogP contribution in [-0.2, 0) is 0 Å². The average Bonchev–Trinajstić information content (AvgIpc) is 3.07. The van der Waals surface area contributed by atoms with Crippen LogP contribution in [-0.4, -0.2) is 21.4 Å². The third kappa shape index (κ3) is 3.44. The molecule has 1 heterocycles. The van der Waals surface area contributed by atoms with Crippen LogP contribution < -0.4 is 0 Å². The summed E-state index contributed by atoms with van der Waals surface area (Å²) in [5.74, 6) is 0.493. The Morgan fingerprint density at radius 1 is 1.07 bits per heavy atom. The maximum atomic E-state index is 10.4. The highest BCUT2D eigenvalue weighted by Gasteiger charge is 2.12. The number of aromatic nitrogens is 1. The van der Waals surface area contributed by atoms with Gasteiger partial charge in [-0.15, -0.1) is 0 Å². The zero-order chi connectivity index (χ0) is 19.0. The topological polar surface area (TPSA) is 78.9 Å². The van der Waals surface area contributed by atoms with Crippen LogP contribution >= 0.6 is 15.9 Å². The van der Waals surface area contributed by atoms with Gasteiger partial charge in [0.2, 0.25) is 5.89 Å². The van der Waals surface area contributed by atoms with E-state index in [0.717, 1.165) is 11.1 Å². The van der Waals surface area contributed by atoms with Gasteiger partial charge in [-0.3, -0.25) is 4.99 Å². The summed E-state index contributed by atoms with van der Waals surface area (Å²) in [6.07, 6.45) is 1.56. The number of phenols is 2. The van der Waals surface area contributed by atoms with Gasteiger partial charge < -0.3 is 14.6 Å². The van der Waals surface area contributed by atoms with Crippen LogP contribution in [0.5, 0.6) is 11.5 Å². The summed E-state index contributed by atoms with van der Waals surface area (Å²) < 4.78 is 6.31. The van der Waals surface area contributed by atoms with Crippen LogP contribution in [0.15, 0.2) is 68.5 Å². The highest BCUT2D eigenvalue weighted by Crippen LogP contribution is 2.34. The quantitative estimate of drug-likeness (QED) is 0.413. The van der Waals surface area contributed by atoms with Crippen molar-refractivity contribution < 1.29 is 14.6 Å². The molecule has 6 heteroatoms. The Morgan fingerprint density at radius 3 is 2.67 bits per heavy atom. The lowest BCUT2D eigenvalue weighted by Gasteiger charge is -2.04. The lowest BCUT2D eigenvalue weighted by atomic mass is 10.1. The van der Waals surface area contributed by atoms with E-state index in [1.165, 1.54) is 6.07 Å². The van der Waals surface area contributed by atoms with Crippen molar-refractivity contribution in [2.24, 2.45) is 4.99 Å². The molecular weight excluding hydrogens is 408 g/mol. The monoisotopic (exact) mass is 422 g/mol. The molecule has 0 spiro atoms. The fraction of sp³-hybridized carbons (Fsp3) is 0.0476. The second-order valence-electron chi connectivity index (χ2n) is 6.13. The summed E-state index contributed by atoms with van der Waals surface area (Å²) in [6, 6.07) is 16.1. The molecule has 1 aromatic heterocycles. The van der Waals surface area contributed by atoms with Gasteiger partial charge in [-0.2, -0.15) is 0 Å². The third-order valence-corrected chi connectivity index (χ3v) is 4.70. The van der Waals surface area contributed by atoms with Crippen LogP contribution in [0.2, 0.25) is 0 Å². The molecule has 0 fully saturated rings. The van der Waals surface area contributed by atoms with Gasteiger partial charge in [-0.05, 0) is 64.8 Å². The van der Waals surface area contributed by atoms with Crippen molar-refractivity contribution in [3.8, 4) is 23.0 Å². The average molecular weight is 423 g/mol. The third-order valence-electron chi connectivity index (χ3n) is 4.10. The van der Waals surface area contributed by atoms with Gasteiger partial charge >= 0.3 is 0 Å². The molecule has 0 aliphatic rings. The fourth-order valence-corrected chi connectivity index (χ4v) is 3.36. The number of aromatic hydroxyl groups is 2. The highest BCUT2D eigenvalue weighted by molar-refractivity contribution is 9.10. The van der Waals surface area contributed by atoms with Gasteiger partial charge in [0.1, 0.15) is 17.0 Å². The van der Waals surface area contributed by atoms with E-state index in [0.29, 0.717) is 32.8 Å². The lowest BCUT2D eigenvalue weighted by molar-refractivity contribution is 0.471. The Labute approximate surface area is 163 Å². The molecule has 4 aromatic rings. The van der Waals surface area contributed by atoms with Crippen molar-refractivity contribution in [1.82, 2.24) is 4.98 Å². The Balaban J connectivity index is 1.66. The maximum Gasteiger partial charge on any atom is 0.231 e. The molecule has 2 N–H and O–H groups in total. The molecular formula is C21H15BrN2O3. The SMILES string of the molecule is Cc1cc(Br)c(O)c(C=Nc2ccc(-c3nc4ccccc4o3)c(O)c2)c1. The molecule has 5 nitrogen and oxygen atoms in total. The standard InChI is InChI=1S/C21H15BrN2O3/c1-12-8-13(20(26)16(22)9-12)11-23-14-6-7-15(18(25)10-14)21-24-17-4-2-3-5-19(17)27-21/h2-11,25-26H,1H3. The molecule has 0 radical (unpaired) electrons. The smallest absolute Gasteiger partial charge is 0.231 e. The van der Waals surface area contributed by atoms with Gasteiger partial charge in [0.05, 0.1) is 15.7 Å². The summed E-state index contributed by atoms with van der Waals surface area (Å²) in [4.78, 5) is 8.74. The molecule has 0 atom stereocenters. The van der Waals surface area contributed by atoms with Gasteiger partial charge in [0.15, 0.2) is 5.58 Å². The number of aryl methyl sites for hydroxylation is 1. The molecule has 0 amide bonds. The molecule has 4 rings (SSSR count). The summed E-state index contributed by atoms with van der Waals surface area (Å²) >= 11 is 3.32. The van der Waals surface area contributed by atoms with Crippen LogP contribution in [0.4, 0.5) is 5.69 Å². The van der Waals surface area contributed by atoms with Crippen molar-refractivity contribution in [2.45, 2.75) is 6.92 Å². The summed E-state index contributed by atoms with van der Waals surface area (Å²) in [5.41, 5.74) is 4.01. The minimum absolute atomic E-state index is 0.0193. The molecule has 0 aliphatic carbocycles. The first kappa shape index (κ1) is 17.3. The number of para-hydroxylation sites is 2. The molecule has 27 heavy (non-hydrogen) atoms. The van der Waals surface area contributed by atoms with Crippen LogP contribution in [0, 0.1) is 6.92 Å². The number of oxazole rings is 1. The molecule has 3 aromatic carbocycles. The first-order valence-electron chi connectivity index (χ1n) is 8.23. The molecule has 0 saturated heterocycles. The Hall–Kier alpha value is -3.12. The van der Waals surface area contributed by atoms with Crippen molar-refractivity contribution in [3.63, 3.8) is 0 Å². The number of benzene rings is 3. The zero-order valence-corrected chi connectivity index (χ0v) is 15.9. The predicted octanol–water partition coefficient (Wildman–Crippen LogP) is 5.73.